The molecular weight excluding hydrogens is 676 g/mol. The second-order valence-electron chi connectivity index (χ2n) is 13.0. The van der Waals surface area contributed by atoms with Crippen molar-refractivity contribution >= 4 is 45.5 Å². The van der Waals surface area contributed by atoms with Crippen LogP contribution in [0.5, 0.6) is 11.5 Å². The van der Waals surface area contributed by atoms with Gasteiger partial charge in [0.15, 0.2) is 0 Å². The lowest BCUT2D eigenvalue weighted by atomic mass is 10.00. The van der Waals surface area contributed by atoms with E-state index in [9.17, 15) is 34.5 Å². The van der Waals surface area contributed by atoms with Crippen molar-refractivity contribution in [2.75, 3.05) is 0 Å². The van der Waals surface area contributed by atoms with Crippen LogP contribution >= 0.6 is 0 Å². The number of aromatic amines is 2. The number of H-pyrrole nitrogens is 2. The van der Waals surface area contributed by atoms with E-state index >= 15 is 0 Å². The summed E-state index contributed by atoms with van der Waals surface area (Å²) >= 11 is 0. The number of amides is 3. The quantitative estimate of drug-likeness (QED) is 0.0766. The smallest absolute Gasteiger partial charge is 0.326 e. The van der Waals surface area contributed by atoms with Gasteiger partial charge in [-0.25, -0.2) is 4.79 Å². The molecule has 13 nitrogen and oxygen atoms in total. The molecule has 10 N–H and O–H groups in total. The number of fused-ring (bicyclic) bond motifs is 2. The van der Waals surface area contributed by atoms with Gasteiger partial charge in [0.1, 0.15) is 29.6 Å². The fourth-order valence-electron chi connectivity index (χ4n) is 6.33. The van der Waals surface area contributed by atoms with Crippen LogP contribution < -0.4 is 21.7 Å². The number of carbonyl (C=O) groups excluding carboxylic acids is 3. The molecule has 6 rings (SSSR count). The van der Waals surface area contributed by atoms with Crippen LogP contribution in [0.3, 0.4) is 0 Å². The summed E-state index contributed by atoms with van der Waals surface area (Å²) in [6.07, 6.45) is 3.55. The molecule has 4 atom stereocenters. The lowest BCUT2D eigenvalue weighted by molar-refractivity contribution is -0.142. The van der Waals surface area contributed by atoms with Gasteiger partial charge in [-0.05, 0) is 65.1 Å². The maximum absolute atomic E-state index is 14.2. The van der Waals surface area contributed by atoms with Crippen molar-refractivity contribution in [2.45, 2.75) is 49.9 Å². The Labute approximate surface area is 304 Å². The summed E-state index contributed by atoms with van der Waals surface area (Å²) in [5.74, 6) is -3.23. The Bertz CT molecular complexity index is 2230. The Morgan fingerprint density at radius 1 is 0.547 bits per heavy atom. The van der Waals surface area contributed by atoms with Crippen LogP contribution in [0.25, 0.3) is 21.8 Å². The molecule has 13 heteroatoms. The monoisotopic (exact) mass is 716 g/mol. The van der Waals surface area contributed by atoms with Gasteiger partial charge in [-0.2, -0.15) is 0 Å². The number of hydrogen-bond donors (Lipinski definition) is 9. The van der Waals surface area contributed by atoms with Crippen LogP contribution in [0.15, 0.2) is 109 Å². The highest BCUT2D eigenvalue weighted by molar-refractivity contribution is 5.95. The minimum Gasteiger partial charge on any atom is -0.508 e. The molecule has 0 fully saturated rings. The average molecular weight is 717 g/mol. The predicted molar refractivity (Wildman–Crippen MR) is 199 cm³/mol. The Morgan fingerprint density at radius 3 is 1.47 bits per heavy atom. The normalized spacial score (nSPS) is 13.5. The molecule has 0 aliphatic carbocycles. The van der Waals surface area contributed by atoms with Crippen LogP contribution in [-0.2, 0) is 44.9 Å². The fourth-order valence-corrected chi connectivity index (χ4v) is 6.33. The van der Waals surface area contributed by atoms with E-state index in [2.05, 4.69) is 25.9 Å². The molecule has 0 unspecified atom stereocenters. The third kappa shape index (κ3) is 9.01. The van der Waals surface area contributed by atoms with Crippen LogP contribution in [-0.4, -0.2) is 73.1 Å². The first-order valence-corrected chi connectivity index (χ1v) is 17.1. The molecule has 272 valence electrons. The van der Waals surface area contributed by atoms with Crippen LogP contribution in [0, 0.1) is 0 Å². The predicted octanol–water partition coefficient (Wildman–Crippen LogP) is 3.20. The number of aromatic nitrogens is 2. The van der Waals surface area contributed by atoms with Gasteiger partial charge in [-0.1, -0.05) is 60.7 Å². The summed E-state index contributed by atoms with van der Waals surface area (Å²) in [6, 6.07) is 22.4. The summed E-state index contributed by atoms with van der Waals surface area (Å²) in [6.45, 7) is 0. The molecule has 3 amide bonds. The minimum absolute atomic E-state index is 0.00797. The van der Waals surface area contributed by atoms with Gasteiger partial charge < -0.3 is 47.0 Å². The number of aromatic hydroxyl groups is 2. The number of carboxylic acid groups (broad SMARTS) is 1. The Balaban J connectivity index is 1.25. The molecule has 2 heterocycles. The number of rotatable bonds is 15. The van der Waals surface area contributed by atoms with E-state index in [1.54, 1.807) is 36.7 Å². The van der Waals surface area contributed by atoms with E-state index in [-0.39, 0.29) is 37.2 Å². The molecule has 0 radical (unpaired) electrons. The fraction of sp³-hybridized carbons (Fsp3) is 0.200. The summed E-state index contributed by atoms with van der Waals surface area (Å²) in [7, 11) is 0. The average Bonchev–Trinajstić information content (AvgIpc) is 3.76. The molecule has 0 bridgehead atoms. The zero-order chi connectivity index (χ0) is 37.5. The summed E-state index contributed by atoms with van der Waals surface area (Å²) in [4.78, 5) is 60.4. The Kier molecular flexibility index (Phi) is 11.0. The number of nitrogens with two attached hydrogens (primary N) is 1. The summed E-state index contributed by atoms with van der Waals surface area (Å²) < 4.78 is 0. The number of phenols is 2. The second-order valence-corrected chi connectivity index (χ2v) is 13.0. The first-order chi connectivity index (χ1) is 25.5. The number of hydrogen-bond acceptors (Lipinski definition) is 7. The van der Waals surface area contributed by atoms with Crippen molar-refractivity contribution in [2.24, 2.45) is 5.73 Å². The van der Waals surface area contributed by atoms with Crippen molar-refractivity contribution in [1.29, 1.82) is 0 Å². The maximum Gasteiger partial charge on any atom is 0.326 e. The van der Waals surface area contributed by atoms with E-state index in [0.717, 1.165) is 27.4 Å². The van der Waals surface area contributed by atoms with Crippen molar-refractivity contribution < 1.29 is 34.5 Å². The van der Waals surface area contributed by atoms with Crippen molar-refractivity contribution in [1.82, 2.24) is 25.9 Å². The highest BCUT2D eigenvalue weighted by Crippen LogP contribution is 2.21. The number of carboxylic acids is 1. The van der Waals surface area contributed by atoms with Gasteiger partial charge in [0, 0.05) is 53.5 Å². The number of aliphatic carboxylic acids is 1. The van der Waals surface area contributed by atoms with Gasteiger partial charge >= 0.3 is 5.97 Å². The molecule has 6 aromatic rings. The zero-order valence-corrected chi connectivity index (χ0v) is 28.6. The summed E-state index contributed by atoms with van der Waals surface area (Å²) in [5.41, 5.74) is 10.6. The standard InChI is InChI=1S/C40H40N6O7/c41-31(17-23-9-13-27(47)14-10-23)37(49)44-35(19-25-21-42-32-7-3-1-5-29(25)32)39(51)45-34(18-24-11-15-28(48)16-12-24)38(50)46-36(40(52)53)20-26-22-43-33-8-4-2-6-30(26)33/h1-16,21-22,31,34-36,42-43,47-48H,17-20,41H2,(H,44,49)(H,45,51)(H,46,50)(H,52,53)/t31-,34-,35-,36-/m0/s1. The van der Waals surface area contributed by atoms with Gasteiger partial charge in [0.05, 0.1) is 6.04 Å². The molecule has 53 heavy (non-hydrogen) atoms. The van der Waals surface area contributed by atoms with Gasteiger partial charge in [0.25, 0.3) is 0 Å². The number of nitrogens with one attached hydrogen (secondary N) is 5. The summed E-state index contributed by atoms with van der Waals surface area (Å²) in [5, 5.41) is 39.4. The number of phenolic OH excluding ortho intramolecular Hbond substituents is 2. The highest BCUT2D eigenvalue weighted by Gasteiger charge is 2.32. The number of para-hydroxylation sites is 2. The van der Waals surface area contributed by atoms with E-state index in [1.165, 1.54) is 24.3 Å². The van der Waals surface area contributed by atoms with Gasteiger partial charge in [-0.15, -0.1) is 0 Å². The maximum atomic E-state index is 14.2. The van der Waals surface area contributed by atoms with Crippen LogP contribution in [0.2, 0.25) is 0 Å². The van der Waals surface area contributed by atoms with Gasteiger partial charge in [-0.3, -0.25) is 14.4 Å². The largest absolute Gasteiger partial charge is 0.508 e. The number of benzene rings is 4. The third-order valence-electron chi connectivity index (χ3n) is 9.18. The minimum atomic E-state index is -1.33. The zero-order valence-electron chi connectivity index (χ0n) is 28.6. The van der Waals surface area contributed by atoms with E-state index in [4.69, 9.17) is 5.73 Å². The van der Waals surface area contributed by atoms with Crippen LogP contribution in [0.4, 0.5) is 0 Å². The Morgan fingerprint density at radius 2 is 0.962 bits per heavy atom. The third-order valence-corrected chi connectivity index (χ3v) is 9.18. The second kappa shape index (κ2) is 16.2. The topological polar surface area (TPSA) is 223 Å². The first kappa shape index (κ1) is 36.2. The van der Waals surface area contributed by atoms with Crippen molar-refractivity contribution in [3.05, 3.63) is 132 Å². The molecule has 0 aliphatic rings. The molecule has 4 aromatic carbocycles. The number of carbonyl (C=O) groups is 4. The Hall–Kier alpha value is -6.60. The van der Waals surface area contributed by atoms with E-state index in [0.29, 0.717) is 16.7 Å². The van der Waals surface area contributed by atoms with E-state index in [1.807, 2.05) is 48.5 Å². The lowest BCUT2D eigenvalue weighted by Gasteiger charge is -2.25. The van der Waals surface area contributed by atoms with Crippen molar-refractivity contribution in [3.63, 3.8) is 0 Å². The van der Waals surface area contributed by atoms with Crippen molar-refractivity contribution in [3.8, 4) is 11.5 Å². The van der Waals surface area contributed by atoms with Gasteiger partial charge in [0.2, 0.25) is 17.7 Å². The molecule has 2 aromatic heterocycles. The molecular formula is C40H40N6O7. The first-order valence-electron chi connectivity index (χ1n) is 17.1. The lowest BCUT2D eigenvalue weighted by Crippen LogP contribution is -2.58. The van der Waals surface area contributed by atoms with E-state index < -0.39 is 47.9 Å². The van der Waals surface area contributed by atoms with Crippen LogP contribution in [0.1, 0.15) is 22.3 Å². The highest BCUT2D eigenvalue weighted by atomic mass is 16.4. The molecule has 0 saturated heterocycles. The molecule has 0 spiro atoms. The SMILES string of the molecule is N[C@@H](Cc1ccc(O)cc1)C(=O)N[C@@H](Cc1c[nH]c2ccccc12)C(=O)N[C@@H](Cc1ccc(O)cc1)C(=O)N[C@@H](Cc1c[nH]c2ccccc12)C(=O)O. The molecule has 0 saturated carbocycles. The molecule has 0 aliphatic heterocycles.